The molecule has 12 heteroatoms. The van der Waals surface area contributed by atoms with Crippen molar-refractivity contribution < 1.29 is 40.7 Å². The van der Waals surface area contributed by atoms with Crippen molar-refractivity contribution in [1.82, 2.24) is 10.2 Å². The number of piperidine rings is 1. The number of rotatable bonds is 10. The Kier molecular flexibility index (Phi) is 10.2. The lowest BCUT2D eigenvalue weighted by Crippen LogP contribution is -2.61. The number of halogens is 6. The van der Waals surface area contributed by atoms with Crippen molar-refractivity contribution in [3.63, 3.8) is 0 Å². The molecule has 2 aromatic carbocycles. The average molecular weight is 584 g/mol. The van der Waals surface area contributed by atoms with Crippen LogP contribution in [0.3, 0.4) is 0 Å². The zero-order chi connectivity index (χ0) is 30.3. The Morgan fingerprint density at radius 2 is 1.71 bits per heavy atom. The fourth-order valence-corrected chi connectivity index (χ4v) is 4.58. The molecule has 1 fully saturated rings. The number of nitrogens with one attached hydrogen (secondary N) is 1. The summed E-state index contributed by atoms with van der Waals surface area (Å²) < 4.78 is 85.7. The van der Waals surface area contributed by atoms with Crippen LogP contribution in [-0.2, 0) is 22.2 Å². The van der Waals surface area contributed by atoms with E-state index >= 15 is 0 Å². The Balaban J connectivity index is 1.83. The van der Waals surface area contributed by atoms with Gasteiger partial charge in [0, 0.05) is 25.2 Å². The summed E-state index contributed by atoms with van der Waals surface area (Å²) in [6.07, 6.45) is -7.36. The largest absolute Gasteiger partial charge is 0.476 e. The molecule has 1 aliphatic rings. The van der Waals surface area contributed by atoms with E-state index in [0.717, 1.165) is 34.7 Å². The third kappa shape index (κ3) is 8.35. The molecule has 41 heavy (non-hydrogen) atoms. The van der Waals surface area contributed by atoms with E-state index in [0.29, 0.717) is 18.9 Å². The highest BCUT2D eigenvalue weighted by Gasteiger charge is 2.47. The monoisotopic (exact) mass is 583 g/mol. The molecule has 2 amide bonds. The summed E-state index contributed by atoms with van der Waals surface area (Å²) in [5, 5.41) is 2.76. The lowest BCUT2D eigenvalue weighted by atomic mass is 9.90. The topological polar surface area (TPSA) is 84.7 Å². The number of nitrogens with two attached hydrogens (primary N) is 1. The predicted molar refractivity (Wildman–Crippen MR) is 141 cm³/mol. The molecule has 1 heterocycles. The van der Waals surface area contributed by atoms with Crippen LogP contribution < -0.4 is 15.8 Å². The Bertz CT molecular complexity index is 1240. The second kappa shape index (κ2) is 13.2. The van der Waals surface area contributed by atoms with Crippen LogP contribution in [0.4, 0.5) is 26.3 Å². The highest BCUT2D eigenvalue weighted by Crippen LogP contribution is 2.35. The molecule has 0 spiro atoms. The highest BCUT2D eigenvalue weighted by atomic mass is 19.4. The predicted octanol–water partition coefficient (Wildman–Crippen LogP) is 5.20. The summed E-state index contributed by atoms with van der Waals surface area (Å²) >= 11 is 0. The van der Waals surface area contributed by atoms with Gasteiger partial charge >= 0.3 is 12.4 Å². The number of nitrogens with zero attached hydrogens (tertiary/aromatic N) is 1. The second-order valence-electron chi connectivity index (χ2n) is 9.62. The van der Waals surface area contributed by atoms with Crippen LogP contribution in [0, 0.1) is 0 Å². The molecule has 0 aliphatic carbocycles. The lowest BCUT2D eigenvalue weighted by Gasteiger charge is -2.42. The average Bonchev–Trinajstić information content (AvgIpc) is 2.93. The Hall–Kier alpha value is -3.80. The normalized spacial score (nSPS) is 18.1. The molecule has 1 saturated heterocycles. The molecule has 1 atom stereocenters. The number of hydrogen-bond acceptors (Lipinski definition) is 4. The maximum absolute atomic E-state index is 13.5. The maximum Gasteiger partial charge on any atom is 0.416 e. The summed E-state index contributed by atoms with van der Waals surface area (Å²) in [4.78, 5) is 27.7. The molecule has 0 aromatic heterocycles. The molecule has 0 radical (unpaired) electrons. The van der Waals surface area contributed by atoms with Gasteiger partial charge in [0.05, 0.1) is 17.7 Å². The first-order valence-corrected chi connectivity index (χ1v) is 12.9. The summed E-state index contributed by atoms with van der Waals surface area (Å²) in [6.45, 7) is 2.66. The van der Waals surface area contributed by atoms with Gasteiger partial charge in [0.15, 0.2) is 0 Å². The first-order valence-electron chi connectivity index (χ1n) is 12.9. The van der Waals surface area contributed by atoms with Crippen molar-refractivity contribution in [1.29, 1.82) is 0 Å². The van der Waals surface area contributed by atoms with Gasteiger partial charge < -0.3 is 20.7 Å². The standard InChI is InChI=1S/C29H31F6N3O3/c1-20(24(14-16-36)29(33,34)35)25(39)38-18-6-15-27(19-38,41-23-12-10-22(11-13-23)28(30,31)32)26(40)37-17-5-9-21-7-3-2-4-8-21/h2-4,7-8,10-14H,1,5-6,9,15-19,36H2,(H,37,40)/b24-14+. The van der Waals surface area contributed by atoms with Gasteiger partial charge in [0.2, 0.25) is 5.60 Å². The van der Waals surface area contributed by atoms with E-state index in [-0.39, 0.29) is 31.7 Å². The fraction of sp³-hybridized carbons (Fsp3) is 0.379. The number of benzene rings is 2. The molecule has 2 aromatic rings. The van der Waals surface area contributed by atoms with Crippen molar-refractivity contribution in [3.8, 4) is 5.75 Å². The molecule has 3 rings (SSSR count). The quantitative estimate of drug-likeness (QED) is 0.174. The Morgan fingerprint density at radius 1 is 1.05 bits per heavy atom. The number of hydrogen-bond donors (Lipinski definition) is 2. The Labute approximate surface area is 233 Å². The summed E-state index contributed by atoms with van der Waals surface area (Å²) in [7, 11) is 0. The zero-order valence-electron chi connectivity index (χ0n) is 22.2. The van der Waals surface area contributed by atoms with Crippen LogP contribution in [0.15, 0.2) is 78.4 Å². The molecular weight excluding hydrogens is 552 g/mol. The fourth-order valence-electron chi connectivity index (χ4n) is 4.58. The van der Waals surface area contributed by atoms with Gasteiger partial charge in [-0.05, 0) is 55.5 Å². The first kappa shape index (κ1) is 31.7. The van der Waals surface area contributed by atoms with Crippen LogP contribution in [0.2, 0.25) is 0 Å². The molecule has 222 valence electrons. The van der Waals surface area contributed by atoms with E-state index in [9.17, 15) is 35.9 Å². The molecule has 3 N–H and O–H groups in total. The number of carbonyl (C=O) groups excluding carboxylic acids is 2. The van der Waals surface area contributed by atoms with Crippen molar-refractivity contribution in [2.75, 3.05) is 26.2 Å². The van der Waals surface area contributed by atoms with E-state index in [4.69, 9.17) is 10.5 Å². The van der Waals surface area contributed by atoms with Gasteiger partial charge in [-0.15, -0.1) is 0 Å². The Morgan fingerprint density at radius 3 is 2.29 bits per heavy atom. The highest BCUT2D eigenvalue weighted by molar-refractivity contribution is 5.98. The third-order valence-corrected chi connectivity index (χ3v) is 6.63. The number of carbonyl (C=O) groups is 2. The summed E-state index contributed by atoms with van der Waals surface area (Å²) in [6, 6.07) is 13.2. The maximum atomic E-state index is 13.5. The van der Waals surface area contributed by atoms with E-state index in [2.05, 4.69) is 11.9 Å². The number of likely N-dealkylation sites (tertiary alicyclic amines) is 1. The summed E-state index contributed by atoms with van der Waals surface area (Å²) in [5.41, 5.74) is 1.50. The van der Waals surface area contributed by atoms with Crippen molar-refractivity contribution in [2.45, 2.75) is 43.6 Å². The summed E-state index contributed by atoms with van der Waals surface area (Å²) in [5.74, 6) is -1.76. The van der Waals surface area contributed by atoms with Crippen LogP contribution in [0.5, 0.6) is 5.75 Å². The minimum Gasteiger partial charge on any atom is -0.476 e. The molecule has 1 aliphatic heterocycles. The van der Waals surface area contributed by atoms with Gasteiger partial charge in [0.1, 0.15) is 5.75 Å². The first-order chi connectivity index (χ1) is 19.3. The van der Waals surface area contributed by atoms with Gasteiger partial charge in [0.25, 0.3) is 11.8 Å². The molecule has 0 saturated carbocycles. The zero-order valence-corrected chi connectivity index (χ0v) is 22.2. The van der Waals surface area contributed by atoms with E-state index in [1.54, 1.807) is 0 Å². The molecule has 0 bridgehead atoms. The number of ether oxygens (including phenoxy) is 1. The van der Waals surface area contributed by atoms with Gasteiger partial charge in [-0.3, -0.25) is 9.59 Å². The third-order valence-electron chi connectivity index (χ3n) is 6.63. The van der Waals surface area contributed by atoms with Gasteiger partial charge in [-0.2, -0.15) is 26.3 Å². The van der Waals surface area contributed by atoms with Crippen molar-refractivity contribution in [3.05, 3.63) is 89.5 Å². The number of amides is 2. The SMILES string of the molecule is C=C(C(=O)N1CCCC(Oc2ccc(C(F)(F)F)cc2)(C(=O)NCCCc2ccccc2)C1)/C(=C\CN)C(F)(F)F. The van der Waals surface area contributed by atoms with Crippen LogP contribution in [-0.4, -0.2) is 54.7 Å². The van der Waals surface area contributed by atoms with Crippen LogP contribution >= 0.6 is 0 Å². The lowest BCUT2D eigenvalue weighted by molar-refractivity contribution is -0.147. The molecular formula is C29H31F6N3O3. The van der Waals surface area contributed by atoms with Crippen LogP contribution in [0.1, 0.15) is 30.4 Å². The minimum atomic E-state index is -4.88. The smallest absolute Gasteiger partial charge is 0.416 e. The minimum absolute atomic E-state index is 0.0189. The number of aryl methyl sites for hydroxylation is 1. The van der Waals surface area contributed by atoms with Crippen molar-refractivity contribution in [2.24, 2.45) is 5.73 Å². The number of alkyl halides is 6. The van der Waals surface area contributed by atoms with E-state index < -0.39 is 59.6 Å². The molecule has 6 nitrogen and oxygen atoms in total. The van der Waals surface area contributed by atoms with Crippen molar-refractivity contribution >= 4 is 11.8 Å². The second-order valence-corrected chi connectivity index (χ2v) is 9.62. The van der Waals surface area contributed by atoms with Crippen LogP contribution in [0.25, 0.3) is 0 Å². The van der Waals surface area contributed by atoms with Gasteiger partial charge in [-0.25, -0.2) is 0 Å². The van der Waals surface area contributed by atoms with E-state index in [1.807, 2.05) is 30.3 Å². The van der Waals surface area contributed by atoms with Gasteiger partial charge in [-0.1, -0.05) is 43.0 Å². The molecule has 1 unspecified atom stereocenters. The van der Waals surface area contributed by atoms with E-state index in [1.165, 1.54) is 0 Å².